The van der Waals surface area contributed by atoms with Crippen molar-refractivity contribution in [2.75, 3.05) is 4.90 Å². The molecular formula is C56H45N. The zero-order valence-electron chi connectivity index (χ0n) is 32.2. The van der Waals surface area contributed by atoms with Crippen molar-refractivity contribution in [3.8, 4) is 44.5 Å². The minimum absolute atomic E-state index is 0.178. The SMILES string of the molecule is c1ccc(-c2ccc(N(c3ccc(-c4ccc5c(c4)C4(c6ccccc6-5)C5CC6CC(C5)CC4C6)cc3)c3ccc(-c4ccc5ccccc5c4)cc3)cc2)cc1. The molecule has 8 aromatic carbocycles. The van der Waals surface area contributed by atoms with E-state index in [9.17, 15) is 0 Å². The molecule has 0 radical (unpaired) electrons. The molecule has 13 rings (SSSR count). The number of benzene rings is 8. The van der Waals surface area contributed by atoms with Crippen LogP contribution in [0.4, 0.5) is 17.1 Å². The van der Waals surface area contributed by atoms with Crippen LogP contribution < -0.4 is 4.90 Å². The van der Waals surface area contributed by atoms with Gasteiger partial charge < -0.3 is 4.90 Å². The first-order valence-corrected chi connectivity index (χ1v) is 21.1. The molecule has 0 saturated heterocycles. The van der Waals surface area contributed by atoms with Gasteiger partial charge in [0.2, 0.25) is 0 Å². The van der Waals surface area contributed by atoms with Gasteiger partial charge in [0.25, 0.3) is 0 Å². The van der Waals surface area contributed by atoms with Gasteiger partial charge in [-0.15, -0.1) is 0 Å². The molecule has 1 heteroatoms. The predicted molar refractivity (Wildman–Crippen MR) is 238 cm³/mol. The van der Waals surface area contributed by atoms with Crippen molar-refractivity contribution in [2.24, 2.45) is 23.7 Å². The molecule has 8 aromatic rings. The number of nitrogens with zero attached hydrogens (tertiary/aromatic N) is 1. The van der Waals surface area contributed by atoms with Gasteiger partial charge in [-0.25, -0.2) is 0 Å². The first kappa shape index (κ1) is 33.0. The quantitative estimate of drug-likeness (QED) is 0.165. The Balaban J connectivity index is 0.917. The van der Waals surface area contributed by atoms with Crippen LogP contribution in [0, 0.1) is 23.7 Å². The number of fused-ring (bicyclic) bond motifs is 4. The van der Waals surface area contributed by atoms with Gasteiger partial charge >= 0.3 is 0 Å². The van der Waals surface area contributed by atoms with E-state index in [-0.39, 0.29) is 5.41 Å². The Kier molecular flexibility index (Phi) is 7.49. The fraction of sp³-hybridized carbons (Fsp3) is 0.179. The highest BCUT2D eigenvalue weighted by molar-refractivity contribution is 5.89. The van der Waals surface area contributed by atoms with Crippen molar-refractivity contribution in [3.63, 3.8) is 0 Å². The highest BCUT2D eigenvalue weighted by Crippen LogP contribution is 2.69. The molecule has 4 fully saturated rings. The Labute approximate surface area is 336 Å². The van der Waals surface area contributed by atoms with Crippen LogP contribution in [0.25, 0.3) is 55.3 Å². The summed E-state index contributed by atoms with van der Waals surface area (Å²) in [6.07, 6.45) is 7.11. The minimum atomic E-state index is 0.178. The van der Waals surface area contributed by atoms with Crippen molar-refractivity contribution in [3.05, 3.63) is 199 Å². The van der Waals surface area contributed by atoms with Gasteiger partial charge in [0.1, 0.15) is 0 Å². The molecule has 4 saturated carbocycles. The van der Waals surface area contributed by atoms with E-state index in [2.05, 4.69) is 193 Å². The third kappa shape index (κ3) is 5.21. The molecular weight excluding hydrogens is 687 g/mol. The normalized spacial score (nSPS) is 22.5. The minimum Gasteiger partial charge on any atom is -0.311 e. The average Bonchev–Trinajstić information content (AvgIpc) is 3.56. The van der Waals surface area contributed by atoms with E-state index in [1.165, 1.54) is 87.4 Å². The third-order valence-corrected chi connectivity index (χ3v) is 14.5. The third-order valence-electron chi connectivity index (χ3n) is 14.5. The highest BCUT2D eigenvalue weighted by Gasteiger charge is 2.61. The second kappa shape index (κ2) is 12.9. The zero-order chi connectivity index (χ0) is 37.5. The molecule has 4 bridgehead atoms. The van der Waals surface area contributed by atoms with Crippen molar-refractivity contribution >= 4 is 27.8 Å². The molecule has 0 unspecified atom stereocenters. The zero-order valence-corrected chi connectivity index (χ0v) is 32.2. The molecule has 1 nitrogen and oxygen atoms in total. The lowest BCUT2D eigenvalue weighted by molar-refractivity contribution is -0.0399. The maximum Gasteiger partial charge on any atom is 0.0462 e. The van der Waals surface area contributed by atoms with Crippen molar-refractivity contribution in [1.82, 2.24) is 0 Å². The number of hydrogen-bond donors (Lipinski definition) is 0. The van der Waals surface area contributed by atoms with Crippen LogP contribution in [0.5, 0.6) is 0 Å². The molecule has 274 valence electrons. The predicted octanol–water partition coefficient (Wildman–Crippen LogP) is 15.0. The summed E-state index contributed by atoms with van der Waals surface area (Å²) in [5.41, 5.74) is 17.3. The second-order valence-electron chi connectivity index (χ2n) is 17.4. The van der Waals surface area contributed by atoms with E-state index < -0.39 is 0 Å². The van der Waals surface area contributed by atoms with Gasteiger partial charge in [-0.3, -0.25) is 0 Å². The van der Waals surface area contributed by atoms with Crippen LogP contribution in [0.15, 0.2) is 188 Å². The Morgan fingerprint density at radius 2 is 0.789 bits per heavy atom. The van der Waals surface area contributed by atoms with Crippen molar-refractivity contribution in [1.29, 1.82) is 0 Å². The summed E-state index contributed by atoms with van der Waals surface area (Å²) >= 11 is 0. The number of rotatable bonds is 6. The van der Waals surface area contributed by atoms with E-state index >= 15 is 0 Å². The van der Waals surface area contributed by atoms with E-state index in [0.717, 1.165) is 40.7 Å². The van der Waals surface area contributed by atoms with Crippen LogP contribution in [0.3, 0.4) is 0 Å². The van der Waals surface area contributed by atoms with Crippen LogP contribution in [0.1, 0.15) is 43.2 Å². The van der Waals surface area contributed by atoms with Gasteiger partial charge in [0.15, 0.2) is 0 Å². The van der Waals surface area contributed by atoms with Gasteiger partial charge in [-0.2, -0.15) is 0 Å². The molecule has 0 N–H and O–H groups in total. The van der Waals surface area contributed by atoms with Gasteiger partial charge in [-0.05, 0) is 171 Å². The monoisotopic (exact) mass is 731 g/mol. The van der Waals surface area contributed by atoms with E-state index in [4.69, 9.17) is 0 Å². The van der Waals surface area contributed by atoms with Crippen LogP contribution >= 0.6 is 0 Å². The first-order chi connectivity index (χ1) is 28.2. The van der Waals surface area contributed by atoms with Gasteiger partial charge in [0, 0.05) is 22.5 Å². The fourth-order valence-electron chi connectivity index (χ4n) is 12.2. The van der Waals surface area contributed by atoms with Crippen molar-refractivity contribution in [2.45, 2.75) is 37.5 Å². The lowest BCUT2D eigenvalue weighted by Crippen LogP contribution is -2.55. The molecule has 0 atom stereocenters. The maximum atomic E-state index is 2.61. The summed E-state index contributed by atoms with van der Waals surface area (Å²) in [6.45, 7) is 0. The van der Waals surface area contributed by atoms with E-state index in [1.807, 2.05) is 0 Å². The average molecular weight is 732 g/mol. The Bertz CT molecular complexity index is 2750. The topological polar surface area (TPSA) is 3.24 Å². The lowest BCUT2D eigenvalue weighted by Gasteiger charge is -2.61. The molecule has 5 aliphatic carbocycles. The van der Waals surface area contributed by atoms with Gasteiger partial charge in [0.05, 0.1) is 0 Å². The maximum absolute atomic E-state index is 2.61. The van der Waals surface area contributed by atoms with E-state index in [0.29, 0.717) is 0 Å². The standard InChI is InChI=1S/C56H45N/c1-2-8-39(9-3-1)41-16-23-49(24-17-41)57(50-25-18-42(19-26-50)45-15-14-40-10-4-5-11-44(40)35-45)51-27-20-43(21-28-51)46-22-29-53-52-12-6-7-13-54(52)56(55(53)36-46)47-31-37-30-38(33-47)34-48(56)32-37/h1-29,35-38,47-48H,30-34H2. The van der Waals surface area contributed by atoms with Crippen LogP contribution in [0.2, 0.25) is 0 Å². The molecule has 57 heavy (non-hydrogen) atoms. The lowest BCUT2D eigenvalue weighted by atomic mass is 9.43. The number of anilines is 3. The molecule has 0 amide bonds. The summed E-state index contributed by atoms with van der Waals surface area (Å²) in [5, 5.41) is 2.53. The molecule has 0 aromatic heterocycles. The molecule has 1 spiro atoms. The fourth-order valence-corrected chi connectivity index (χ4v) is 12.2. The molecule has 0 heterocycles. The summed E-state index contributed by atoms with van der Waals surface area (Å²) in [5.74, 6) is 3.42. The summed E-state index contributed by atoms with van der Waals surface area (Å²) in [6, 6.07) is 70.3. The molecule has 0 aliphatic heterocycles. The first-order valence-electron chi connectivity index (χ1n) is 21.1. The Morgan fingerprint density at radius 1 is 0.333 bits per heavy atom. The molecule has 5 aliphatic rings. The second-order valence-corrected chi connectivity index (χ2v) is 17.4. The summed E-state index contributed by atoms with van der Waals surface area (Å²) < 4.78 is 0. The van der Waals surface area contributed by atoms with E-state index in [1.54, 1.807) is 11.1 Å². The van der Waals surface area contributed by atoms with Crippen LogP contribution in [-0.2, 0) is 5.41 Å². The highest BCUT2D eigenvalue weighted by atomic mass is 15.1. The van der Waals surface area contributed by atoms with Crippen molar-refractivity contribution < 1.29 is 0 Å². The van der Waals surface area contributed by atoms with Crippen LogP contribution in [-0.4, -0.2) is 0 Å². The smallest absolute Gasteiger partial charge is 0.0462 e. The summed E-state index contributed by atoms with van der Waals surface area (Å²) in [7, 11) is 0. The number of hydrogen-bond acceptors (Lipinski definition) is 1. The largest absolute Gasteiger partial charge is 0.311 e. The summed E-state index contributed by atoms with van der Waals surface area (Å²) in [4.78, 5) is 2.39. The Hall–Kier alpha value is -6.18. The van der Waals surface area contributed by atoms with Gasteiger partial charge in [-0.1, -0.05) is 140 Å². The Morgan fingerprint density at radius 3 is 1.42 bits per heavy atom.